The Labute approximate surface area is 116 Å². The van der Waals surface area contributed by atoms with E-state index in [2.05, 4.69) is 5.32 Å². The molecule has 0 saturated carbocycles. The predicted molar refractivity (Wildman–Crippen MR) is 73.6 cm³/mol. The molecule has 18 heavy (non-hydrogen) atoms. The van der Waals surface area contributed by atoms with Crippen LogP contribution in [0.25, 0.3) is 0 Å². The minimum atomic E-state index is -0.823. The molecule has 0 radical (unpaired) electrons. The zero-order chi connectivity index (χ0) is 13.1. The molecule has 0 aromatic heterocycles. The zero-order valence-corrected chi connectivity index (χ0v) is 11.3. The molecule has 0 aliphatic carbocycles. The van der Waals surface area contributed by atoms with E-state index in [0.717, 1.165) is 4.86 Å². The fourth-order valence-corrected chi connectivity index (χ4v) is 2.59. The lowest BCUT2D eigenvalue weighted by atomic mass is 10.0. The van der Waals surface area contributed by atoms with Crippen LogP contribution in [0.1, 0.15) is 18.4 Å². The van der Waals surface area contributed by atoms with Crippen molar-refractivity contribution in [1.82, 2.24) is 5.32 Å². The van der Waals surface area contributed by atoms with Gasteiger partial charge in [-0.25, -0.2) is 8.78 Å². The molecule has 1 N–H and O–H groups in total. The molecular formula is C13H14ClF2NS. The lowest BCUT2D eigenvalue weighted by Gasteiger charge is -2.12. The molecule has 2 rings (SSSR count). The molecule has 0 amide bonds. The molecule has 1 fully saturated rings. The summed E-state index contributed by atoms with van der Waals surface area (Å²) in [6.07, 6.45) is 0.671. The molecule has 5 heteroatoms. The lowest BCUT2D eigenvalue weighted by molar-refractivity contribution is 0.359. The molecular weight excluding hydrogens is 276 g/mol. The second-order valence-corrected chi connectivity index (χ2v) is 5.40. The highest BCUT2D eigenvalue weighted by Gasteiger charge is 2.26. The Balaban J connectivity index is 1.91. The van der Waals surface area contributed by atoms with E-state index in [0.29, 0.717) is 31.4 Å². The first-order chi connectivity index (χ1) is 8.58. The molecule has 1 aliphatic rings. The lowest BCUT2D eigenvalue weighted by Crippen LogP contribution is -2.29. The maximum atomic E-state index is 13.6. The van der Waals surface area contributed by atoms with Crippen molar-refractivity contribution in [3.8, 4) is 0 Å². The van der Waals surface area contributed by atoms with Crippen LogP contribution in [0, 0.1) is 5.82 Å². The highest BCUT2D eigenvalue weighted by molar-refractivity contribution is 7.80. The van der Waals surface area contributed by atoms with Gasteiger partial charge in [-0.2, -0.15) is 0 Å². The minimum Gasteiger partial charge on any atom is -0.306 e. The van der Waals surface area contributed by atoms with Crippen LogP contribution in [0.15, 0.2) is 18.2 Å². The summed E-state index contributed by atoms with van der Waals surface area (Å²) < 4.78 is 26.7. The average Bonchev–Trinajstić information content (AvgIpc) is 2.77. The van der Waals surface area contributed by atoms with E-state index < -0.39 is 6.17 Å². The van der Waals surface area contributed by atoms with Crippen LogP contribution in [0.4, 0.5) is 8.78 Å². The van der Waals surface area contributed by atoms with Gasteiger partial charge in [-0.3, -0.25) is 0 Å². The average molecular weight is 290 g/mol. The summed E-state index contributed by atoms with van der Waals surface area (Å²) >= 11 is 11.0. The molecule has 1 saturated heterocycles. The van der Waals surface area contributed by atoms with Crippen LogP contribution in [-0.2, 0) is 6.42 Å². The molecule has 98 valence electrons. The molecule has 1 heterocycles. The Kier molecular flexibility index (Phi) is 4.65. The van der Waals surface area contributed by atoms with Gasteiger partial charge in [-0.05, 0) is 30.9 Å². The number of hydrogen-bond acceptors (Lipinski definition) is 2. The number of halogens is 3. The maximum absolute atomic E-state index is 13.6. The number of alkyl halides is 1. The van der Waals surface area contributed by atoms with Crippen molar-refractivity contribution >= 4 is 28.7 Å². The van der Waals surface area contributed by atoms with Gasteiger partial charge in [0, 0.05) is 17.5 Å². The first-order valence-electron chi connectivity index (χ1n) is 5.91. The van der Waals surface area contributed by atoms with Gasteiger partial charge in [-0.15, -0.1) is 0 Å². The maximum Gasteiger partial charge on any atom is 0.144 e. The molecule has 1 nitrogen and oxygen atoms in total. The van der Waals surface area contributed by atoms with E-state index in [1.165, 1.54) is 6.07 Å². The van der Waals surface area contributed by atoms with Gasteiger partial charge < -0.3 is 5.32 Å². The van der Waals surface area contributed by atoms with Crippen molar-refractivity contribution in [3.05, 3.63) is 34.6 Å². The zero-order valence-electron chi connectivity index (χ0n) is 9.76. The summed E-state index contributed by atoms with van der Waals surface area (Å²) in [5, 5.41) is 3.16. The van der Waals surface area contributed by atoms with Crippen molar-refractivity contribution in [1.29, 1.82) is 0 Å². The van der Waals surface area contributed by atoms with Gasteiger partial charge in [-0.1, -0.05) is 36.0 Å². The van der Waals surface area contributed by atoms with Gasteiger partial charge in [0.1, 0.15) is 12.0 Å². The summed E-state index contributed by atoms with van der Waals surface area (Å²) in [5.41, 5.74) is 0.555. The Bertz CT molecular complexity index is 453. The van der Waals surface area contributed by atoms with Gasteiger partial charge in [0.25, 0.3) is 0 Å². The predicted octanol–water partition coefficient (Wildman–Crippen LogP) is 3.48. The van der Waals surface area contributed by atoms with E-state index in [1.807, 2.05) is 0 Å². The fraction of sp³-hybridized carbons (Fsp3) is 0.462. The van der Waals surface area contributed by atoms with E-state index in [9.17, 15) is 8.78 Å². The van der Waals surface area contributed by atoms with Crippen LogP contribution in [-0.4, -0.2) is 23.6 Å². The normalized spacial score (nSPS) is 23.3. The number of benzene rings is 1. The van der Waals surface area contributed by atoms with Crippen LogP contribution in [0.5, 0.6) is 0 Å². The molecule has 0 spiro atoms. The Morgan fingerprint density at radius 2 is 2.28 bits per heavy atom. The SMILES string of the molecule is Fc1c(Cl)cccc1CCC(=S)[C@@H]1C[C@@H](F)CN1. The van der Waals surface area contributed by atoms with Crippen molar-refractivity contribution in [2.45, 2.75) is 31.5 Å². The molecule has 0 bridgehead atoms. The first-order valence-corrected chi connectivity index (χ1v) is 6.69. The van der Waals surface area contributed by atoms with Gasteiger partial charge in [0.05, 0.1) is 5.02 Å². The highest BCUT2D eigenvalue weighted by atomic mass is 35.5. The summed E-state index contributed by atoms with van der Waals surface area (Å²) in [7, 11) is 0. The summed E-state index contributed by atoms with van der Waals surface area (Å²) in [6.45, 7) is 0.357. The largest absolute Gasteiger partial charge is 0.306 e. The topological polar surface area (TPSA) is 12.0 Å². The Hall–Kier alpha value is -0.580. The third-order valence-electron chi connectivity index (χ3n) is 3.14. The van der Waals surface area contributed by atoms with E-state index in [4.69, 9.17) is 23.8 Å². The summed E-state index contributed by atoms with van der Waals surface area (Å²) in [6, 6.07) is 4.88. The third-order valence-corrected chi connectivity index (χ3v) is 3.92. The standard InChI is InChI=1S/C13H14ClF2NS/c14-10-3-1-2-8(13(10)16)4-5-12(18)11-6-9(15)7-17-11/h1-3,9,11,17H,4-7H2/t9-,11+/m1/s1. The van der Waals surface area contributed by atoms with Crippen LogP contribution in [0.3, 0.4) is 0 Å². The second kappa shape index (κ2) is 6.04. The quantitative estimate of drug-likeness (QED) is 0.852. The molecule has 2 atom stereocenters. The summed E-state index contributed by atoms with van der Waals surface area (Å²) in [5.74, 6) is -0.385. The molecule has 1 aliphatic heterocycles. The second-order valence-electron chi connectivity index (χ2n) is 4.47. The van der Waals surface area contributed by atoms with E-state index in [-0.39, 0.29) is 16.9 Å². The van der Waals surface area contributed by atoms with Gasteiger partial charge in [0.15, 0.2) is 0 Å². The third kappa shape index (κ3) is 3.25. The first kappa shape index (κ1) is 13.8. The highest BCUT2D eigenvalue weighted by Crippen LogP contribution is 2.20. The number of aryl methyl sites for hydroxylation is 1. The molecule has 1 aromatic carbocycles. The van der Waals surface area contributed by atoms with Crippen molar-refractivity contribution < 1.29 is 8.78 Å². The van der Waals surface area contributed by atoms with Crippen molar-refractivity contribution in [2.24, 2.45) is 0 Å². The Morgan fingerprint density at radius 3 is 2.94 bits per heavy atom. The van der Waals surface area contributed by atoms with Gasteiger partial charge >= 0.3 is 0 Å². The van der Waals surface area contributed by atoms with Crippen LogP contribution >= 0.6 is 23.8 Å². The van der Waals surface area contributed by atoms with Crippen molar-refractivity contribution in [3.63, 3.8) is 0 Å². The van der Waals surface area contributed by atoms with E-state index >= 15 is 0 Å². The monoisotopic (exact) mass is 289 g/mol. The number of hydrogen-bond donors (Lipinski definition) is 1. The number of nitrogens with one attached hydrogen (secondary N) is 1. The fourth-order valence-electron chi connectivity index (χ4n) is 2.11. The molecule has 1 aromatic rings. The van der Waals surface area contributed by atoms with E-state index in [1.54, 1.807) is 12.1 Å². The number of rotatable bonds is 4. The smallest absolute Gasteiger partial charge is 0.144 e. The molecule has 0 unspecified atom stereocenters. The van der Waals surface area contributed by atoms with Crippen molar-refractivity contribution in [2.75, 3.05) is 6.54 Å². The van der Waals surface area contributed by atoms with Gasteiger partial charge in [0.2, 0.25) is 0 Å². The Morgan fingerprint density at radius 1 is 1.50 bits per heavy atom. The number of thiocarbonyl (C=S) groups is 1. The summed E-state index contributed by atoms with van der Waals surface area (Å²) in [4.78, 5) is 0.759. The van der Waals surface area contributed by atoms with Crippen LogP contribution < -0.4 is 5.32 Å². The minimum absolute atomic E-state index is 0.0581. The van der Waals surface area contributed by atoms with Crippen LogP contribution in [0.2, 0.25) is 5.02 Å².